The Hall–Kier alpha value is 0.0369. The van der Waals surface area contributed by atoms with Crippen LogP contribution in [-0.2, 0) is 26.9 Å². The minimum atomic E-state index is -2.46. The summed E-state index contributed by atoms with van der Waals surface area (Å²) in [5.74, 6) is 0. The Labute approximate surface area is 140 Å². The van der Waals surface area contributed by atoms with Crippen molar-refractivity contribution >= 4 is 8.80 Å². The molecule has 0 aliphatic heterocycles. The van der Waals surface area contributed by atoms with Gasteiger partial charge in [0.1, 0.15) is 12.4 Å². The molecule has 5 nitrogen and oxygen atoms in total. The van der Waals surface area contributed by atoms with Gasteiger partial charge in [0.2, 0.25) is 6.33 Å². The summed E-state index contributed by atoms with van der Waals surface area (Å²) < 4.78 is 21.7. The van der Waals surface area contributed by atoms with E-state index in [4.69, 9.17) is 13.3 Å². The second-order valence-electron chi connectivity index (χ2n) is 4.40. The lowest BCUT2D eigenvalue weighted by atomic mass is 10.5. The van der Waals surface area contributed by atoms with E-state index < -0.39 is 8.80 Å². The van der Waals surface area contributed by atoms with Crippen LogP contribution < -0.4 is 28.5 Å². The van der Waals surface area contributed by atoms with Crippen LogP contribution in [0.4, 0.5) is 0 Å². The molecule has 0 bridgehead atoms. The van der Waals surface area contributed by atoms with Crippen LogP contribution in [0.3, 0.4) is 0 Å². The largest absolute Gasteiger partial charge is 1.00 e. The van der Waals surface area contributed by atoms with Crippen LogP contribution in [0.2, 0.25) is 6.04 Å². The molecule has 1 rings (SSSR count). The first-order valence-electron chi connectivity index (χ1n) is 7.08. The first-order valence-corrected chi connectivity index (χ1v) is 9.01. The molecular formula is C13H27IN2O3Si. The SMILES string of the molecule is CCO[Si](CCCn1cc[n+](C)c1)(OCC)OCC.[I-]. The molecule has 0 N–H and O–H groups in total. The molecule has 0 atom stereocenters. The zero-order chi connectivity index (χ0) is 14.1. The van der Waals surface area contributed by atoms with Gasteiger partial charge in [-0.25, -0.2) is 9.13 Å². The smallest absolute Gasteiger partial charge is 0.501 e. The maximum absolute atomic E-state index is 5.83. The minimum Gasteiger partial charge on any atom is -1.00 e. The third-order valence-corrected chi connectivity index (χ3v) is 5.97. The van der Waals surface area contributed by atoms with E-state index in [1.54, 1.807) is 0 Å². The van der Waals surface area contributed by atoms with Gasteiger partial charge in [-0.2, -0.15) is 0 Å². The molecule has 0 aliphatic carbocycles. The van der Waals surface area contributed by atoms with E-state index in [1.165, 1.54) is 0 Å². The molecule has 0 saturated carbocycles. The molecule has 1 aromatic rings. The predicted octanol–water partition coefficient (Wildman–Crippen LogP) is -1.24. The summed E-state index contributed by atoms with van der Waals surface area (Å²) in [6.45, 7) is 8.87. The van der Waals surface area contributed by atoms with E-state index in [9.17, 15) is 0 Å². The number of rotatable bonds is 10. The summed E-state index contributed by atoms with van der Waals surface area (Å²) in [4.78, 5) is 0. The average molecular weight is 414 g/mol. The molecule has 7 heteroatoms. The lowest BCUT2D eigenvalue weighted by Crippen LogP contribution is -3.00. The van der Waals surface area contributed by atoms with Gasteiger partial charge in [0, 0.05) is 25.9 Å². The van der Waals surface area contributed by atoms with E-state index >= 15 is 0 Å². The topological polar surface area (TPSA) is 36.5 Å². The van der Waals surface area contributed by atoms with Gasteiger partial charge in [-0.05, 0) is 27.2 Å². The fourth-order valence-corrected chi connectivity index (χ4v) is 4.71. The third kappa shape index (κ3) is 6.66. The quantitative estimate of drug-likeness (QED) is 0.273. The maximum atomic E-state index is 5.83. The van der Waals surface area contributed by atoms with Crippen molar-refractivity contribution in [2.24, 2.45) is 7.05 Å². The number of nitrogens with zero attached hydrogens (tertiary/aromatic N) is 2. The van der Waals surface area contributed by atoms with E-state index in [1.807, 2.05) is 38.6 Å². The zero-order valence-electron chi connectivity index (χ0n) is 13.0. The highest BCUT2D eigenvalue weighted by molar-refractivity contribution is 6.60. The van der Waals surface area contributed by atoms with Crippen LogP contribution in [0.5, 0.6) is 0 Å². The van der Waals surface area contributed by atoms with E-state index in [2.05, 4.69) is 17.1 Å². The second kappa shape index (κ2) is 10.7. The van der Waals surface area contributed by atoms with Gasteiger partial charge < -0.3 is 37.3 Å². The highest BCUT2D eigenvalue weighted by atomic mass is 127. The number of hydrogen-bond acceptors (Lipinski definition) is 3. The molecule has 0 saturated heterocycles. The summed E-state index contributed by atoms with van der Waals surface area (Å²) in [6.07, 6.45) is 7.19. The molecule has 0 radical (unpaired) electrons. The van der Waals surface area contributed by atoms with Gasteiger partial charge in [0.15, 0.2) is 0 Å². The fraction of sp³-hybridized carbons (Fsp3) is 0.769. The van der Waals surface area contributed by atoms with Gasteiger partial charge >= 0.3 is 8.80 Å². The molecule has 118 valence electrons. The fourth-order valence-electron chi connectivity index (χ4n) is 2.11. The molecule has 0 spiro atoms. The highest BCUT2D eigenvalue weighted by Gasteiger charge is 2.39. The Bertz CT molecular complexity index is 346. The molecule has 0 aliphatic rings. The summed E-state index contributed by atoms with van der Waals surface area (Å²) in [5.41, 5.74) is 0. The number of aromatic nitrogens is 2. The third-order valence-electron chi connectivity index (χ3n) is 2.82. The lowest BCUT2D eigenvalue weighted by molar-refractivity contribution is -0.671. The summed E-state index contributed by atoms with van der Waals surface area (Å²) in [6, 6.07) is 0.865. The molecule has 0 unspecified atom stereocenters. The molecule has 1 heterocycles. The summed E-state index contributed by atoms with van der Waals surface area (Å²) in [7, 11) is -0.439. The van der Waals surface area contributed by atoms with Crippen molar-refractivity contribution in [3.05, 3.63) is 18.7 Å². The molecular weight excluding hydrogens is 387 g/mol. The lowest BCUT2D eigenvalue weighted by Gasteiger charge is -2.28. The minimum absolute atomic E-state index is 0. The number of halogens is 1. The molecule has 0 aromatic carbocycles. The van der Waals surface area contributed by atoms with Crippen molar-refractivity contribution < 1.29 is 41.8 Å². The van der Waals surface area contributed by atoms with Crippen molar-refractivity contribution in [2.75, 3.05) is 19.8 Å². The first kappa shape index (κ1) is 20.0. The van der Waals surface area contributed by atoms with E-state index in [0.29, 0.717) is 19.8 Å². The van der Waals surface area contributed by atoms with Crippen molar-refractivity contribution in [2.45, 2.75) is 39.8 Å². The maximum Gasteiger partial charge on any atom is 0.501 e. The Morgan fingerprint density at radius 3 is 2.00 bits per heavy atom. The standard InChI is InChI=1S/C13H27N2O3Si.HI/c1-5-16-19(17-6-2,18-7-3)12-8-9-15-11-10-14(4)13-15;/h10-11,13H,5-9,12H2,1-4H3;1H/q+1;/p-1. The molecule has 20 heavy (non-hydrogen) atoms. The van der Waals surface area contributed by atoms with Crippen LogP contribution in [0.1, 0.15) is 27.2 Å². The Morgan fingerprint density at radius 2 is 1.60 bits per heavy atom. The van der Waals surface area contributed by atoms with Crippen LogP contribution in [-0.4, -0.2) is 33.2 Å². The number of imidazole rings is 1. The normalized spacial score (nSPS) is 11.4. The number of aryl methyl sites for hydroxylation is 2. The molecule has 0 fully saturated rings. The Morgan fingerprint density at radius 1 is 1.05 bits per heavy atom. The average Bonchev–Trinajstić information content (AvgIpc) is 2.76. The molecule has 1 aromatic heterocycles. The summed E-state index contributed by atoms with van der Waals surface area (Å²) >= 11 is 0. The van der Waals surface area contributed by atoms with Crippen molar-refractivity contribution in [1.82, 2.24) is 4.57 Å². The van der Waals surface area contributed by atoms with Crippen molar-refractivity contribution in [3.63, 3.8) is 0 Å². The van der Waals surface area contributed by atoms with Crippen LogP contribution in [0, 0.1) is 0 Å². The van der Waals surface area contributed by atoms with E-state index in [0.717, 1.165) is 19.0 Å². The Kier molecular flexibility index (Phi) is 10.7. The van der Waals surface area contributed by atoms with Gasteiger partial charge in [-0.15, -0.1) is 0 Å². The Balaban J connectivity index is 0.00000361. The first-order chi connectivity index (χ1) is 9.15. The predicted molar refractivity (Wildman–Crippen MR) is 75.7 cm³/mol. The van der Waals surface area contributed by atoms with Crippen LogP contribution >= 0.6 is 0 Å². The van der Waals surface area contributed by atoms with Crippen LogP contribution in [0.25, 0.3) is 0 Å². The van der Waals surface area contributed by atoms with Crippen molar-refractivity contribution in [1.29, 1.82) is 0 Å². The van der Waals surface area contributed by atoms with Crippen LogP contribution in [0.15, 0.2) is 18.7 Å². The van der Waals surface area contributed by atoms with Crippen molar-refractivity contribution in [3.8, 4) is 0 Å². The summed E-state index contributed by atoms with van der Waals surface area (Å²) in [5, 5.41) is 0. The zero-order valence-corrected chi connectivity index (χ0v) is 16.1. The molecule has 0 amide bonds. The van der Waals surface area contributed by atoms with Gasteiger partial charge in [0.05, 0.1) is 13.6 Å². The monoisotopic (exact) mass is 414 g/mol. The second-order valence-corrected chi connectivity index (χ2v) is 7.13. The number of hydrogen-bond donors (Lipinski definition) is 0. The van der Waals surface area contributed by atoms with E-state index in [-0.39, 0.29) is 24.0 Å². The van der Waals surface area contributed by atoms with Gasteiger partial charge in [-0.1, -0.05) is 0 Å². The van der Waals surface area contributed by atoms with Gasteiger partial charge in [0.25, 0.3) is 0 Å². The highest BCUT2D eigenvalue weighted by Crippen LogP contribution is 2.18. The van der Waals surface area contributed by atoms with Gasteiger partial charge in [-0.3, -0.25) is 0 Å².